The van der Waals surface area contributed by atoms with Crippen molar-refractivity contribution in [2.24, 2.45) is 5.41 Å². The lowest BCUT2D eigenvalue weighted by Gasteiger charge is -2.42. The fourth-order valence-corrected chi connectivity index (χ4v) is 7.12. The zero-order valence-electron chi connectivity index (χ0n) is 23.5. The predicted octanol–water partition coefficient (Wildman–Crippen LogP) is 5.90. The number of aliphatic hydroxyl groups excluding tert-OH is 2. The molecule has 0 radical (unpaired) electrons. The average Bonchev–Trinajstić information content (AvgIpc) is 3.21. The van der Waals surface area contributed by atoms with Crippen LogP contribution in [0.4, 0.5) is 0 Å². The molecule has 206 valence electrons. The van der Waals surface area contributed by atoms with Gasteiger partial charge in [0.25, 0.3) is 0 Å². The summed E-state index contributed by atoms with van der Waals surface area (Å²) < 4.78 is 18.7. The van der Waals surface area contributed by atoms with Crippen LogP contribution in [0.25, 0.3) is 0 Å². The van der Waals surface area contributed by atoms with Gasteiger partial charge in [-0.25, -0.2) is 0 Å². The number of aliphatic hydroxyl groups is 2. The molecule has 1 aliphatic carbocycles. The Morgan fingerprint density at radius 2 is 1.50 bits per heavy atom. The van der Waals surface area contributed by atoms with E-state index in [-0.39, 0.29) is 17.4 Å². The highest BCUT2D eigenvalue weighted by Gasteiger charge is 2.54. The lowest BCUT2D eigenvalue weighted by Crippen LogP contribution is -2.38. The molecule has 3 aliphatic heterocycles. The molecule has 2 fully saturated rings. The van der Waals surface area contributed by atoms with Crippen molar-refractivity contribution in [3.05, 3.63) is 63.5 Å². The maximum atomic E-state index is 11.6. The van der Waals surface area contributed by atoms with Crippen LogP contribution in [-0.4, -0.2) is 41.6 Å². The van der Waals surface area contributed by atoms with Crippen LogP contribution in [0.2, 0.25) is 0 Å². The number of fused-ring (bicyclic) bond motifs is 4. The van der Waals surface area contributed by atoms with E-state index >= 15 is 0 Å². The molecule has 2 saturated heterocycles. The van der Waals surface area contributed by atoms with Crippen LogP contribution in [0, 0.1) is 5.41 Å². The van der Waals surface area contributed by atoms with E-state index in [0.717, 1.165) is 53.6 Å². The smallest absolute Gasteiger partial charge is 0.111 e. The third-order valence-electron chi connectivity index (χ3n) is 9.43. The maximum absolute atomic E-state index is 11.6. The molecule has 2 N–H and O–H groups in total. The molecule has 6 nitrogen and oxygen atoms in total. The van der Waals surface area contributed by atoms with Crippen LogP contribution < -0.4 is 0 Å². The van der Waals surface area contributed by atoms with E-state index < -0.39 is 23.2 Å². The molecule has 0 bridgehead atoms. The monoisotopic (exact) mass is 521 g/mol. The van der Waals surface area contributed by atoms with E-state index in [1.165, 1.54) is 5.56 Å². The van der Waals surface area contributed by atoms with E-state index in [4.69, 9.17) is 19.2 Å². The van der Waals surface area contributed by atoms with Gasteiger partial charge in [-0.3, -0.25) is 4.98 Å². The zero-order valence-corrected chi connectivity index (χ0v) is 23.5. The number of hydrogen-bond donors (Lipinski definition) is 2. The Morgan fingerprint density at radius 1 is 0.868 bits per heavy atom. The van der Waals surface area contributed by atoms with Crippen molar-refractivity contribution in [1.82, 2.24) is 4.98 Å². The number of rotatable bonds is 2. The molecule has 38 heavy (non-hydrogen) atoms. The molecule has 1 aromatic heterocycles. The molecular weight excluding hydrogens is 478 g/mol. The van der Waals surface area contributed by atoms with Crippen LogP contribution >= 0.6 is 0 Å². The highest BCUT2D eigenvalue weighted by atomic mass is 16.5. The molecule has 4 aliphatic rings. The Balaban J connectivity index is 1.60. The van der Waals surface area contributed by atoms with Crippen molar-refractivity contribution in [2.45, 2.75) is 102 Å². The second-order valence-electron chi connectivity index (χ2n) is 13.6. The quantitative estimate of drug-likeness (QED) is 0.513. The molecule has 1 aromatic carbocycles. The van der Waals surface area contributed by atoms with Crippen molar-refractivity contribution < 1.29 is 24.4 Å². The topological polar surface area (TPSA) is 81.0 Å². The first-order chi connectivity index (χ1) is 18.0. The lowest BCUT2D eigenvalue weighted by molar-refractivity contribution is -0.123. The van der Waals surface area contributed by atoms with Crippen molar-refractivity contribution in [3.8, 4) is 0 Å². The summed E-state index contributed by atoms with van der Waals surface area (Å²) in [5.41, 5.74) is 6.12. The number of ether oxygens (including phenoxy) is 3. The Labute approximate surface area is 226 Å². The van der Waals surface area contributed by atoms with Gasteiger partial charge in [-0.1, -0.05) is 58.9 Å². The molecular formula is C32H43NO5. The van der Waals surface area contributed by atoms with E-state index in [9.17, 15) is 10.2 Å². The summed E-state index contributed by atoms with van der Waals surface area (Å²) in [6.45, 7) is 13.4. The molecule has 6 heteroatoms. The maximum Gasteiger partial charge on any atom is 0.111 e. The van der Waals surface area contributed by atoms with Crippen LogP contribution in [0.5, 0.6) is 0 Å². The van der Waals surface area contributed by atoms with Gasteiger partial charge in [0.1, 0.15) is 12.2 Å². The van der Waals surface area contributed by atoms with Crippen molar-refractivity contribution in [1.29, 1.82) is 0 Å². The molecule has 2 unspecified atom stereocenters. The van der Waals surface area contributed by atoms with E-state index in [0.29, 0.717) is 38.5 Å². The first-order valence-electron chi connectivity index (χ1n) is 14.4. The second kappa shape index (κ2) is 9.38. The van der Waals surface area contributed by atoms with Gasteiger partial charge in [-0.15, -0.1) is 0 Å². The lowest BCUT2D eigenvalue weighted by atomic mass is 9.68. The molecule has 3 atom stereocenters. The summed E-state index contributed by atoms with van der Waals surface area (Å²) in [6, 6.07) is 8.84. The Bertz CT molecular complexity index is 1190. The zero-order chi connectivity index (χ0) is 26.9. The highest BCUT2D eigenvalue weighted by molar-refractivity contribution is 5.55. The van der Waals surface area contributed by atoms with Gasteiger partial charge >= 0.3 is 0 Å². The van der Waals surface area contributed by atoms with Crippen LogP contribution in [-0.2, 0) is 25.2 Å². The minimum atomic E-state index is -0.744. The molecule has 4 heterocycles. The van der Waals surface area contributed by atoms with Gasteiger partial charge in [-0.2, -0.15) is 0 Å². The normalized spacial score (nSPS) is 28.8. The summed E-state index contributed by atoms with van der Waals surface area (Å²) in [5.74, 6) is 0.229. The Morgan fingerprint density at radius 3 is 2.13 bits per heavy atom. The molecule has 0 amide bonds. The third kappa shape index (κ3) is 4.24. The van der Waals surface area contributed by atoms with Crippen LogP contribution in [0.15, 0.2) is 24.3 Å². The van der Waals surface area contributed by atoms with Crippen LogP contribution in [0.3, 0.4) is 0 Å². The predicted molar refractivity (Wildman–Crippen MR) is 145 cm³/mol. The average molecular weight is 522 g/mol. The Kier molecular flexibility index (Phi) is 6.51. The minimum absolute atomic E-state index is 0.0653. The molecule has 2 aromatic rings. The second-order valence-corrected chi connectivity index (χ2v) is 13.6. The highest BCUT2D eigenvalue weighted by Crippen LogP contribution is 2.59. The van der Waals surface area contributed by atoms with Gasteiger partial charge in [0, 0.05) is 56.3 Å². The summed E-state index contributed by atoms with van der Waals surface area (Å²) in [7, 11) is 0. The van der Waals surface area contributed by atoms with E-state index in [1.807, 2.05) is 13.8 Å². The van der Waals surface area contributed by atoms with Gasteiger partial charge in [0.15, 0.2) is 0 Å². The molecule has 1 spiro atoms. The largest absolute Gasteiger partial charge is 0.388 e. The summed E-state index contributed by atoms with van der Waals surface area (Å²) >= 11 is 0. The number of hydrogen-bond acceptors (Lipinski definition) is 6. The van der Waals surface area contributed by atoms with Crippen LogP contribution in [0.1, 0.15) is 130 Å². The SMILES string of the molecule is CC(C)(C)c1ccc(C2OC3(CCOCC3)c3c4c(nc(C5CCOCC5)c32)[C@H](O)C(C)(C)CC4O)cc1. The number of benzene rings is 1. The number of pyridine rings is 1. The minimum Gasteiger partial charge on any atom is -0.388 e. The van der Waals surface area contributed by atoms with Gasteiger partial charge < -0.3 is 24.4 Å². The van der Waals surface area contributed by atoms with Gasteiger partial charge in [0.2, 0.25) is 0 Å². The van der Waals surface area contributed by atoms with E-state index in [2.05, 4.69) is 45.0 Å². The standard InChI is InChI=1S/C32H43NO5/c1-30(2,3)21-8-6-20(7-9-21)28-24-25(32(38-28)12-16-37-17-13-32)23-22(34)18-31(4,5)29(35)27(23)33-26(24)19-10-14-36-15-11-19/h6-9,19,22,28-29,34-35H,10-18H2,1-5H3/t22?,28?,29-/m0/s1. The van der Waals surface area contributed by atoms with Gasteiger partial charge in [-0.05, 0) is 46.8 Å². The fraction of sp³-hybridized carbons (Fsp3) is 0.656. The van der Waals surface area contributed by atoms with Crippen molar-refractivity contribution >= 4 is 0 Å². The Hall–Kier alpha value is -1.83. The summed E-state index contributed by atoms with van der Waals surface area (Å²) in [5, 5.41) is 23.2. The summed E-state index contributed by atoms with van der Waals surface area (Å²) in [4.78, 5) is 5.27. The van der Waals surface area contributed by atoms with Gasteiger partial charge in [0.05, 0.1) is 23.1 Å². The van der Waals surface area contributed by atoms with Crippen molar-refractivity contribution in [2.75, 3.05) is 26.4 Å². The third-order valence-corrected chi connectivity index (χ3v) is 9.43. The van der Waals surface area contributed by atoms with E-state index in [1.54, 1.807) is 0 Å². The fourth-order valence-electron chi connectivity index (χ4n) is 7.12. The molecule has 0 saturated carbocycles. The van der Waals surface area contributed by atoms with Crippen molar-refractivity contribution in [3.63, 3.8) is 0 Å². The number of aromatic nitrogens is 1. The molecule has 6 rings (SSSR count). The number of nitrogens with zero attached hydrogens (tertiary/aromatic N) is 1. The first kappa shape index (κ1) is 26.4. The summed E-state index contributed by atoms with van der Waals surface area (Å²) in [6.07, 6.45) is 2.03. The first-order valence-corrected chi connectivity index (χ1v) is 14.4.